The third-order valence-electron chi connectivity index (χ3n) is 3.79. The zero-order valence-corrected chi connectivity index (χ0v) is 12.9. The highest BCUT2D eigenvalue weighted by atomic mass is 16.5. The van der Waals surface area contributed by atoms with Gasteiger partial charge < -0.3 is 14.4 Å². The molecule has 5 nitrogen and oxygen atoms in total. The van der Waals surface area contributed by atoms with Gasteiger partial charge in [0.15, 0.2) is 5.60 Å². The normalized spacial score (nSPS) is 23.0. The Hall–Kier alpha value is -1.59. The molecule has 1 amide bonds. The van der Waals surface area contributed by atoms with Crippen LogP contribution in [0.1, 0.15) is 13.8 Å². The topological polar surface area (TPSA) is 42.0 Å². The zero-order chi connectivity index (χ0) is 15.5. The van der Waals surface area contributed by atoms with E-state index < -0.39 is 5.60 Å². The molecular weight excluding hydrogens is 268 g/mol. The Kier molecular flexibility index (Phi) is 4.85. The van der Waals surface area contributed by atoms with E-state index in [4.69, 9.17) is 9.47 Å². The van der Waals surface area contributed by atoms with E-state index in [1.165, 1.54) is 0 Å². The van der Waals surface area contributed by atoms with Gasteiger partial charge in [-0.1, -0.05) is 13.2 Å². The van der Waals surface area contributed by atoms with Crippen LogP contribution in [0.15, 0.2) is 36.8 Å². The van der Waals surface area contributed by atoms with Crippen molar-refractivity contribution >= 4 is 5.91 Å². The molecule has 0 aromatic rings. The highest BCUT2D eigenvalue weighted by Crippen LogP contribution is 2.30. The standard InChI is InChI=1S/C16H24N2O3/c1-5-13-14(6-2)21-16(3,4)15(19)18(13)8-7-17-9-11-20-12-10-17/h5-6H,1-2,7-12H2,3-4H3. The lowest BCUT2D eigenvalue weighted by molar-refractivity contribution is -0.151. The monoisotopic (exact) mass is 292 g/mol. The molecule has 0 unspecified atom stereocenters. The van der Waals surface area contributed by atoms with Gasteiger partial charge in [-0.05, 0) is 26.0 Å². The van der Waals surface area contributed by atoms with Gasteiger partial charge in [-0.3, -0.25) is 9.69 Å². The van der Waals surface area contributed by atoms with Crippen molar-refractivity contribution in [2.24, 2.45) is 0 Å². The summed E-state index contributed by atoms with van der Waals surface area (Å²) in [6.45, 7) is 15.9. The largest absolute Gasteiger partial charge is 0.476 e. The number of carbonyl (C=O) groups excluding carboxylic acids is 1. The molecule has 0 spiro atoms. The molecule has 2 heterocycles. The number of nitrogens with zero attached hydrogens (tertiary/aromatic N) is 2. The van der Waals surface area contributed by atoms with Crippen molar-refractivity contribution in [1.82, 2.24) is 9.80 Å². The Morgan fingerprint density at radius 2 is 1.86 bits per heavy atom. The van der Waals surface area contributed by atoms with Gasteiger partial charge in [0, 0.05) is 26.2 Å². The van der Waals surface area contributed by atoms with E-state index in [-0.39, 0.29) is 5.91 Å². The number of hydrogen-bond donors (Lipinski definition) is 0. The second kappa shape index (κ2) is 6.45. The molecule has 0 atom stereocenters. The molecule has 0 aliphatic carbocycles. The van der Waals surface area contributed by atoms with Crippen LogP contribution in [-0.4, -0.2) is 60.7 Å². The van der Waals surface area contributed by atoms with Crippen LogP contribution in [0.2, 0.25) is 0 Å². The van der Waals surface area contributed by atoms with Crippen molar-refractivity contribution in [2.45, 2.75) is 19.4 Å². The average molecular weight is 292 g/mol. The number of allylic oxidation sites excluding steroid dienone is 2. The highest BCUT2D eigenvalue weighted by molar-refractivity contribution is 5.87. The molecule has 2 aliphatic heterocycles. The van der Waals surface area contributed by atoms with Crippen molar-refractivity contribution < 1.29 is 14.3 Å². The van der Waals surface area contributed by atoms with E-state index in [1.807, 2.05) is 0 Å². The third-order valence-corrected chi connectivity index (χ3v) is 3.79. The molecule has 0 bridgehead atoms. The predicted molar refractivity (Wildman–Crippen MR) is 81.6 cm³/mol. The lowest BCUT2D eigenvalue weighted by Gasteiger charge is -2.40. The van der Waals surface area contributed by atoms with Gasteiger partial charge in [-0.25, -0.2) is 0 Å². The van der Waals surface area contributed by atoms with Crippen LogP contribution in [-0.2, 0) is 14.3 Å². The van der Waals surface area contributed by atoms with Gasteiger partial charge in [0.1, 0.15) is 5.76 Å². The number of morpholine rings is 1. The summed E-state index contributed by atoms with van der Waals surface area (Å²) in [6, 6.07) is 0. The number of hydrogen-bond acceptors (Lipinski definition) is 4. The van der Waals surface area contributed by atoms with Crippen LogP contribution >= 0.6 is 0 Å². The summed E-state index contributed by atoms with van der Waals surface area (Å²) in [5.41, 5.74) is -0.177. The van der Waals surface area contributed by atoms with Crippen molar-refractivity contribution in [3.8, 4) is 0 Å². The minimum absolute atomic E-state index is 0.0451. The minimum atomic E-state index is -0.874. The summed E-state index contributed by atoms with van der Waals surface area (Å²) in [7, 11) is 0. The Morgan fingerprint density at radius 3 is 2.43 bits per heavy atom. The predicted octanol–water partition coefficient (Wildman–Crippen LogP) is 1.54. The molecule has 116 valence electrons. The fraction of sp³-hybridized carbons (Fsp3) is 0.562. The van der Waals surface area contributed by atoms with Crippen molar-refractivity contribution in [3.05, 3.63) is 36.8 Å². The average Bonchev–Trinajstić information content (AvgIpc) is 2.49. The van der Waals surface area contributed by atoms with Gasteiger partial charge in [0.2, 0.25) is 0 Å². The van der Waals surface area contributed by atoms with E-state index in [9.17, 15) is 4.79 Å². The maximum atomic E-state index is 12.6. The first-order chi connectivity index (χ1) is 9.99. The highest BCUT2D eigenvalue weighted by Gasteiger charge is 2.40. The first kappa shape index (κ1) is 15.8. The quantitative estimate of drug-likeness (QED) is 0.771. The van der Waals surface area contributed by atoms with Crippen LogP contribution in [0.5, 0.6) is 0 Å². The summed E-state index contributed by atoms with van der Waals surface area (Å²) in [6.07, 6.45) is 3.29. The van der Waals surface area contributed by atoms with E-state index in [0.29, 0.717) is 18.0 Å². The van der Waals surface area contributed by atoms with E-state index >= 15 is 0 Å². The van der Waals surface area contributed by atoms with Crippen LogP contribution < -0.4 is 0 Å². The Bertz CT molecular complexity index is 462. The molecular formula is C16H24N2O3. The first-order valence-electron chi connectivity index (χ1n) is 7.30. The van der Waals surface area contributed by atoms with E-state index in [2.05, 4.69) is 18.1 Å². The molecule has 2 aliphatic rings. The van der Waals surface area contributed by atoms with Gasteiger partial charge in [-0.15, -0.1) is 0 Å². The lowest BCUT2D eigenvalue weighted by Crippen LogP contribution is -2.52. The van der Waals surface area contributed by atoms with Crippen molar-refractivity contribution in [1.29, 1.82) is 0 Å². The fourth-order valence-electron chi connectivity index (χ4n) is 2.58. The Morgan fingerprint density at radius 1 is 1.19 bits per heavy atom. The zero-order valence-electron chi connectivity index (χ0n) is 12.9. The maximum absolute atomic E-state index is 12.6. The van der Waals surface area contributed by atoms with Crippen LogP contribution in [0.4, 0.5) is 0 Å². The summed E-state index contributed by atoms with van der Waals surface area (Å²) < 4.78 is 11.1. The molecule has 0 aromatic heterocycles. The number of amides is 1. The van der Waals surface area contributed by atoms with Crippen LogP contribution in [0, 0.1) is 0 Å². The second-order valence-corrected chi connectivity index (χ2v) is 5.68. The maximum Gasteiger partial charge on any atom is 0.270 e. The molecule has 21 heavy (non-hydrogen) atoms. The summed E-state index contributed by atoms with van der Waals surface area (Å²) in [4.78, 5) is 16.6. The fourth-order valence-corrected chi connectivity index (χ4v) is 2.58. The third kappa shape index (κ3) is 3.36. The van der Waals surface area contributed by atoms with Crippen molar-refractivity contribution in [3.63, 3.8) is 0 Å². The summed E-state index contributed by atoms with van der Waals surface area (Å²) in [5.74, 6) is 0.563. The molecule has 0 saturated carbocycles. The van der Waals surface area contributed by atoms with Gasteiger partial charge >= 0.3 is 0 Å². The second-order valence-electron chi connectivity index (χ2n) is 5.68. The number of carbonyl (C=O) groups is 1. The van der Waals surface area contributed by atoms with E-state index in [0.717, 1.165) is 32.8 Å². The Balaban J connectivity index is 2.14. The first-order valence-corrected chi connectivity index (χ1v) is 7.30. The van der Waals surface area contributed by atoms with Crippen LogP contribution in [0.3, 0.4) is 0 Å². The molecule has 0 N–H and O–H groups in total. The lowest BCUT2D eigenvalue weighted by atomic mass is 10.0. The molecule has 0 radical (unpaired) electrons. The number of ether oxygens (including phenoxy) is 2. The number of rotatable bonds is 5. The molecule has 1 fully saturated rings. The summed E-state index contributed by atoms with van der Waals surface area (Å²) >= 11 is 0. The van der Waals surface area contributed by atoms with Gasteiger partial charge in [0.05, 0.1) is 18.9 Å². The Labute approximate surface area is 126 Å². The molecule has 0 aromatic carbocycles. The van der Waals surface area contributed by atoms with Gasteiger partial charge in [-0.2, -0.15) is 0 Å². The van der Waals surface area contributed by atoms with E-state index in [1.54, 1.807) is 30.9 Å². The van der Waals surface area contributed by atoms with Crippen molar-refractivity contribution in [2.75, 3.05) is 39.4 Å². The molecule has 5 heteroatoms. The van der Waals surface area contributed by atoms with Crippen LogP contribution in [0.25, 0.3) is 0 Å². The minimum Gasteiger partial charge on any atom is -0.476 e. The molecule has 1 saturated heterocycles. The molecule has 2 rings (SSSR count). The van der Waals surface area contributed by atoms with Gasteiger partial charge in [0.25, 0.3) is 5.91 Å². The smallest absolute Gasteiger partial charge is 0.270 e. The SMILES string of the molecule is C=CC1=C(C=C)N(CCN2CCOCC2)C(=O)C(C)(C)O1. The summed E-state index contributed by atoms with van der Waals surface area (Å²) in [5, 5.41) is 0.